The van der Waals surface area contributed by atoms with Crippen LogP contribution in [0, 0.1) is 12.8 Å². The lowest BCUT2D eigenvalue weighted by molar-refractivity contribution is 0.316. The zero-order valence-electron chi connectivity index (χ0n) is 16.1. The van der Waals surface area contributed by atoms with Gasteiger partial charge in [0.2, 0.25) is 10.0 Å². The van der Waals surface area contributed by atoms with E-state index in [4.69, 9.17) is 0 Å². The molecule has 1 aliphatic rings. The number of sulfonamides is 1. The Labute approximate surface area is 157 Å². The van der Waals surface area contributed by atoms with Crippen molar-refractivity contribution in [1.29, 1.82) is 0 Å². The summed E-state index contributed by atoms with van der Waals surface area (Å²) in [4.78, 5) is 4.16. The summed E-state index contributed by atoms with van der Waals surface area (Å²) in [6.45, 7) is 5.87. The molecule has 6 nitrogen and oxygen atoms in total. The van der Waals surface area contributed by atoms with Crippen LogP contribution in [-0.4, -0.2) is 46.8 Å². The third-order valence-corrected chi connectivity index (χ3v) is 6.27. The van der Waals surface area contributed by atoms with Gasteiger partial charge in [0, 0.05) is 26.7 Å². The Balaban J connectivity index is 1.69. The fourth-order valence-electron chi connectivity index (χ4n) is 2.80. The summed E-state index contributed by atoms with van der Waals surface area (Å²) in [6.07, 6.45) is 3.49. The maximum Gasteiger partial charge on any atom is 0.213 e. The number of aryl methyl sites for hydroxylation is 1. The van der Waals surface area contributed by atoms with Crippen LogP contribution in [0.25, 0.3) is 0 Å². The van der Waals surface area contributed by atoms with Gasteiger partial charge in [0.15, 0.2) is 5.96 Å². The van der Waals surface area contributed by atoms with Crippen LogP contribution in [0.4, 0.5) is 0 Å². The molecule has 1 fully saturated rings. The molecule has 146 valence electrons. The fourth-order valence-corrected chi connectivity index (χ4v) is 3.81. The largest absolute Gasteiger partial charge is 0.356 e. The van der Waals surface area contributed by atoms with Crippen LogP contribution in [0.5, 0.6) is 0 Å². The molecule has 0 saturated heterocycles. The molecule has 1 aromatic rings. The highest BCUT2D eigenvalue weighted by Gasteiger charge is 2.20. The molecule has 1 unspecified atom stereocenters. The molecular weight excluding hydrogens is 348 g/mol. The molecule has 0 spiro atoms. The second kappa shape index (κ2) is 9.92. The lowest BCUT2D eigenvalue weighted by atomic mass is 9.86. The summed E-state index contributed by atoms with van der Waals surface area (Å²) in [5.74, 6) is 1.53. The van der Waals surface area contributed by atoms with Gasteiger partial charge in [0.25, 0.3) is 0 Å². The van der Waals surface area contributed by atoms with Gasteiger partial charge >= 0.3 is 0 Å². The minimum atomic E-state index is -3.23. The second-order valence-corrected chi connectivity index (χ2v) is 9.08. The van der Waals surface area contributed by atoms with Gasteiger partial charge in [-0.1, -0.05) is 43.2 Å². The average molecular weight is 381 g/mol. The highest BCUT2D eigenvalue weighted by Crippen LogP contribution is 2.25. The van der Waals surface area contributed by atoms with Crippen molar-refractivity contribution in [2.24, 2.45) is 10.9 Å². The minimum absolute atomic E-state index is 0.0495. The first kappa shape index (κ1) is 20.7. The Bertz CT molecular complexity index is 682. The van der Waals surface area contributed by atoms with Gasteiger partial charge in [-0.25, -0.2) is 13.1 Å². The molecule has 0 aliphatic heterocycles. The van der Waals surface area contributed by atoms with Gasteiger partial charge in [-0.2, -0.15) is 0 Å². The van der Waals surface area contributed by atoms with Gasteiger partial charge in [0.1, 0.15) is 0 Å². The molecule has 1 aromatic carbocycles. The van der Waals surface area contributed by atoms with Gasteiger partial charge in [-0.15, -0.1) is 0 Å². The van der Waals surface area contributed by atoms with Crippen molar-refractivity contribution in [2.45, 2.75) is 39.0 Å². The van der Waals surface area contributed by atoms with Crippen LogP contribution >= 0.6 is 0 Å². The molecule has 1 atom stereocenters. The van der Waals surface area contributed by atoms with E-state index in [-0.39, 0.29) is 5.75 Å². The summed E-state index contributed by atoms with van der Waals surface area (Å²) < 4.78 is 26.7. The fraction of sp³-hybridized carbons (Fsp3) is 0.632. The molecule has 7 heteroatoms. The van der Waals surface area contributed by atoms with Gasteiger partial charge in [-0.3, -0.25) is 4.99 Å². The Morgan fingerprint density at radius 3 is 2.50 bits per heavy atom. The van der Waals surface area contributed by atoms with Crippen molar-refractivity contribution < 1.29 is 8.42 Å². The lowest BCUT2D eigenvalue weighted by Gasteiger charge is -2.25. The number of benzene rings is 1. The van der Waals surface area contributed by atoms with E-state index < -0.39 is 10.0 Å². The van der Waals surface area contributed by atoms with Crippen LogP contribution in [-0.2, 0) is 10.0 Å². The van der Waals surface area contributed by atoms with Crippen LogP contribution in [0.2, 0.25) is 0 Å². The van der Waals surface area contributed by atoms with E-state index in [1.807, 2.05) is 0 Å². The number of aliphatic imine (C=N–C) groups is 1. The minimum Gasteiger partial charge on any atom is -0.356 e. The number of guanidine groups is 1. The van der Waals surface area contributed by atoms with E-state index in [2.05, 4.69) is 58.5 Å². The van der Waals surface area contributed by atoms with Crippen molar-refractivity contribution in [3.63, 3.8) is 0 Å². The van der Waals surface area contributed by atoms with Crippen LogP contribution in [0.1, 0.15) is 43.2 Å². The second-order valence-electron chi connectivity index (χ2n) is 7.16. The zero-order chi connectivity index (χ0) is 19.0. The van der Waals surface area contributed by atoms with Crippen molar-refractivity contribution in [3.05, 3.63) is 35.4 Å². The summed E-state index contributed by atoms with van der Waals surface area (Å²) >= 11 is 0. The first-order valence-electron chi connectivity index (χ1n) is 9.38. The normalized spacial score (nSPS) is 16.8. The Morgan fingerprint density at radius 1 is 1.23 bits per heavy atom. The van der Waals surface area contributed by atoms with Crippen LogP contribution in [0.3, 0.4) is 0 Å². The topological polar surface area (TPSA) is 82.6 Å². The van der Waals surface area contributed by atoms with Crippen LogP contribution in [0.15, 0.2) is 29.3 Å². The third kappa shape index (κ3) is 6.96. The molecule has 0 heterocycles. The summed E-state index contributed by atoms with van der Waals surface area (Å²) in [5, 5.41) is 6.34. The number of hydrogen-bond donors (Lipinski definition) is 3. The maximum absolute atomic E-state index is 12.0. The Hall–Kier alpha value is -1.60. The molecular formula is C19H32N4O2S. The summed E-state index contributed by atoms with van der Waals surface area (Å²) in [7, 11) is -1.54. The molecule has 26 heavy (non-hydrogen) atoms. The van der Waals surface area contributed by atoms with E-state index in [0.717, 1.165) is 19.4 Å². The zero-order valence-corrected chi connectivity index (χ0v) is 16.9. The lowest BCUT2D eigenvalue weighted by Crippen LogP contribution is -2.42. The Kier molecular flexibility index (Phi) is 7.90. The van der Waals surface area contributed by atoms with Gasteiger partial charge in [-0.05, 0) is 37.2 Å². The molecule has 2 rings (SSSR count). The first-order valence-corrected chi connectivity index (χ1v) is 11.0. The van der Waals surface area contributed by atoms with Gasteiger partial charge < -0.3 is 10.6 Å². The monoisotopic (exact) mass is 380 g/mol. The molecule has 0 amide bonds. The number of nitrogens with zero attached hydrogens (tertiary/aromatic N) is 1. The SMILES string of the molecule is CN=C(NCCS(=O)(=O)NCC1CCC1)NCC(C)c1ccc(C)cc1. The predicted octanol–water partition coefficient (Wildman–Crippen LogP) is 1.98. The Morgan fingerprint density at radius 2 is 1.92 bits per heavy atom. The van der Waals surface area contributed by atoms with Crippen molar-refractivity contribution in [1.82, 2.24) is 15.4 Å². The third-order valence-electron chi connectivity index (χ3n) is 4.93. The number of nitrogens with one attached hydrogen (secondary N) is 3. The molecule has 1 aliphatic carbocycles. The average Bonchev–Trinajstić information content (AvgIpc) is 2.56. The van der Waals surface area contributed by atoms with Crippen LogP contribution < -0.4 is 15.4 Å². The van der Waals surface area contributed by atoms with E-state index in [1.54, 1.807) is 7.05 Å². The van der Waals surface area contributed by atoms with Crippen molar-refractivity contribution >= 4 is 16.0 Å². The molecule has 3 N–H and O–H groups in total. The standard InChI is InChI=1S/C19H32N4O2S/c1-15-7-9-18(10-8-15)16(2)13-22-19(20-3)21-11-12-26(24,25)23-14-17-5-4-6-17/h7-10,16-17,23H,4-6,11-14H2,1-3H3,(H2,20,21,22). The maximum atomic E-state index is 12.0. The van der Waals surface area contributed by atoms with Crippen molar-refractivity contribution in [2.75, 3.05) is 32.4 Å². The van der Waals surface area contributed by atoms with E-state index >= 15 is 0 Å². The highest BCUT2D eigenvalue weighted by molar-refractivity contribution is 7.89. The predicted molar refractivity (Wildman–Crippen MR) is 108 cm³/mol. The first-order chi connectivity index (χ1) is 12.4. The van der Waals surface area contributed by atoms with E-state index in [1.165, 1.54) is 17.5 Å². The smallest absolute Gasteiger partial charge is 0.213 e. The molecule has 1 saturated carbocycles. The molecule has 0 bridgehead atoms. The number of rotatable bonds is 9. The van der Waals surface area contributed by atoms with E-state index in [9.17, 15) is 8.42 Å². The quantitative estimate of drug-likeness (QED) is 0.452. The molecule has 0 radical (unpaired) electrons. The van der Waals surface area contributed by atoms with Crippen molar-refractivity contribution in [3.8, 4) is 0 Å². The summed E-state index contributed by atoms with van der Waals surface area (Å²) in [5.41, 5.74) is 2.51. The number of hydrogen-bond acceptors (Lipinski definition) is 3. The summed E-state index contributed by atoms with van der Waals surface area (Å²) in [6, 6.07) is 8.50. The molecule has 0 aromatic heterocycles. The van der Waals surface area contributed by atoms with Gasteiger partial charge in [0.05, 0.1) is 5.75 Å². The highest BCUT2D eigenvalue weighted by atomic mass is 32.2. The van der Waals surface area contributed by atoms with E-state index in [0.29, 0.717) is 30.9 Å².